The molecular formula is C20H21FN2. The molecule has 118 valence electrons. The summed E-state index contributed by atoms with van der Waals surface area (Å²) in [6, 6.07) is 21.1. The molecule has 3 rings (SSSR count). The van der Waals surface area contributed by atoms with Gasteiger partial charge in [0.05, 0.1) is 0 Å². The van der Waals surface area contributed by atoms with E-state index in [1.54, 1.807) is 12.1 Å². The molecule has 0 saturated heterocycles. The Kier molecular flexibility index (Phi) is 5.01. The van der Waals surface area contributed by atoms with E-state index < -0.39 is 0 Å². The number of fused-ring (bicyclic) bond motifs is 1. The Balaban J connectivity index is 1.54. The number of hydrogen-bond acceptors (Lipinski definition) is 2. The fraction of sp³-hybridized carbons (Fsp3) is 0.200. The number of nitrogens with one attached hydrogen (secondary N) is 1. The minimum Gasteiger partial charge on any atom is -0.323 e. The van der Waals surface area contributed by atoms with E-state index in [1.165, 1.54) is 28.5 Å². The molecule has 0 saturated carbocycles. The van der Waals surface area contributed by atoms with Crippen LogP contribution in [0, 0.1) is 5.82 Å². The molecule has 0 aliphatic heterocycles. The third-order valence-electron chi connectivity index (χ3n) is 4.11. The van der Waals surface area contributed by atoms with Crippen LogP contribution in [0.5, 0.6) is 0 Å². The third kappa shape index (κ3) is 3.95. The van der Waals surface area contributed by atoms with Crippen molar-refractivity contribution in [2.24, 2.45) is 5.73 Å². The van der Waals surface area contributed by atoms with Gasteiger partial charge in [-0.25, -0.2) is 4.39 Å². The summed E-state index contributed by atoms with van der Waals surface area (Å²) in [6.07, 6.45) is 0.956. The Morgan fingerprint density at radius 3 is 2.48 bits per heavy atom. The highest BCUT2D eigenvalue weighted by Crippen LogP contribution is 2.18. The van der Waals surface area contributed by atoms with E-state index in [1.807, 2.05) is 0 Å². The molecule has 3 aromatic rings. The maximum absolute atomic E-state index is 12.9. The molecule has 0 radical (unpaired) electrons. The van der Waals surface area contributed by atoms with E-state index in [9.17, 15) is 4.39 Å². The first kappa shape index (κ1) is 15.7. The molecule has 0 spiro atoms. The zero-order chi connectivity index (χ0) is 16.1. The molecule has 3 N–H and O–H groups in total. The van der Waals surface area contributed by atoms with E-state index in [2.05, 4.69) is 47.8 Å². The quantitative estimate of drug-likeness (QED) is 0.680. The number of halogens is 1. The van der Waals surface area contributed by atoms with Crippen LogP contribution in [0.3, 0.4) is 0 Å². The monoisotopic (exact) mass is 308 g/mol. The lowest BCUT2D eigenvalue weighted by Crippen LogP contribution is -2.28. The smallest absolute Gasteiger partial charge is 0.123 e. The lowest BCUT2D eigenvalue weighted by Gasteiger charge is -2.13. The summed E-state index contributed by atoms with van der Waals surface area (Å²) in [5.41, 5.74) is 8.42. The highest BCUT2D eigenvalue weighted by atomic mass is 19.1. The normalized spacial score (nSPS) is 12.4. The minimum atomic E-state index is -0.232. The van der Waals surface area contributed by atoms with Crippen LogP contribution in [0.1, 0.15) is 17.2 Å². The van der Waals surface area contributed by atoms with Crippen LogP contribution < -0.4 is 11.1 Å². The van der Waals surface area contributed by atoms with E-state index in [0.717, 1.165) is 18.5 Å². The van der Waals surface area contributed by atoms with Gasteiger partial charge in [-0.05, 0) is 47.0 Å². The van der Waals surface area contributed by atoms with Gasteiger partial charge in [0.25, 0.3) is 0 Å². The molecule has 1 unspecified atom stereocenters. The maximum atomic E-state index is 12.9. The zero-order valence-electron chi connectivity index (χ0n) is 13.0. The summed E-state index contributed by atoms with van der Waals surface area (Å²) >= 11 is 0. The highest BCUT2D eigenvalue weighted by Gasteiger charge is 2.06. The second-order valence-corrected chi connectivity index (χ2v) is 5.75. The molecule has 0 aliphatic rings. The van der Waals surface area contributed by atoms with Gasteiger partial charge in [-0.2, -0.15) is 0 Å². The first-order valence-electron chi connectivity index (χ1n) is 7.92. The van der Waals surface area contributed by atoms with Crippen molar-refractivity contribution in [3.8, 4) is 0 Å². The first-order chi connectivity index (χ1) is 11.2. The van der Waals surface area contributed by atoms with E-state index in [0.29, 0.717) is 6.54 Å². The summed E-state index contributed by atoms with van der Waals surface area (Å²) < 4.78 is 12.9. The van der Waals surface area contributed by atoms with Crippen molar-refractivity contribution in [3.63, 3.8) is 0 Å². The van der Waals surface area contributed by atoms with Crippen LogP contribution in [0.4, 0.5) is 4.39 Å². The summed E-state index contributed by atoms with van der Waals surface area (Å²) in [5, 5.41) is 5.97. The Morgan fingerprint density at radius 2 is 1.65 bits per heavy atom. The molecule has 0 bridgehead atoms. The van der Waals surface area contributed by atoms with Gasteiger partial charge in [0.1, 0.15) is 5.82 Å². The zero-order valence-corrected chi connectivity index (χ0v) is 13.0. The molecule has 3 heteroatoms. The molecule has 3 aromatic carbocycles. The van der Waals surface area contributed by atoms with Crippen molar-refractivity contribution in [1.82, 2.24) is 5.32 Å². The van der Waals surface area contributed by atoms with Crippen LogP contribution in [-0.2, 0) is 6.42 Å². The van der Waals surface area contributed by atoms with Crippen molar-refractivity contribution in [3.05, 3.63) is 83.7 Å². The van der Waals surface area contributed by atoms with E-state index >= 15 is 0 Å². The summed E-state index contributed by atoms with van der Waals surface area (Å²) in [5.74, 6) is -0.232. The SMILES string of the molecule is NC(CNCCc1cccc2ccccc12)c1ccc(F)cc1. The van der Waals surface area contributed by atoms with Gasteiger partial charge in [0, 0.05) is 12.6 Å². The summed E-state index contributed by atoms with van der Waals surface area (Å²) in [7, 11) is 0. The van der Waals surface area contributed by atoms with Crippen molar-refractivity contribution in [2.75, 3.05) is 13.1 Å². The maximum Gasteiger partial charge on any atom is 0.123 e. The number of rotatable bonds is 6. The average Bonchev–Trinajstić information content (AvgIpc) is 2.59. The van der Waals surface area contributed by atoms with Crippen LogP contribution >= 0.6 is 0 Å². The molecule has 2 nitrogen and oxygen atoms in total. The predicted octanol–water partition coefficient (Wildman–Crippen LogP) is 3.81. The van der Waals surface area contributed by atoms with Crippen LogP contribution in [0.2, 0.25) is 0 Å². The van der Waals surface area contributed by atoms with Gasteiger partial charge in [-0.15, -0.1) is 0 Å². The van der Waals surface area contributed by atoms with Gasteiger partial charge in [0.2, 0.25) is 0 Å². The van der Waals surface area contributed by atoms with Crippen LogP contribution in [0.25, 0.3) is 10.8 Å². The molecule has 23 heavy (non-hydrogen) atoms. The Morgan fingerprint density at radius 1 is 0.913 bits per heavy atom. The minimum absolute atomic E-state index is 0.122. The van der Waals surface area contributed by atoms with Gasteiger partial charge >= 0.3 is 0 Å². The first-order valence-corrected chi connectivity index (χ1v) is 7.92. The Bertz CT molecular complexity index is 763. The lowest BCUT2D eigenvalue weighted by atomic mass is 10.0. The largest absolute Gasteiger partial charge is 0.323 e. The molecule has 0 amide bonds. The van der Waals surface area contributed by atoms with Crippen LogP contribution in [-0.4, -0.2) is 13.1 Å². The number of hydrogen-bond donors (Lipinski definition) is 2. The molecule has 0 heterocycles. The third-order valence-corrected chi connectivity index (χ3v) is 4.11. The van der Waals surface area contributed by atoms with Crippen molar-refractivity contribution in [2.45, 2.75) is 12.5 Å². The van der Waals surface area contributed by atoms with Gasteiger partial charge in [0.15, 0.2) is 0 Å². The second kappa shape index (κ2) is 7.36. The Hall–Kier alpha value is -2.23. The summed E-state index contributed by atoms with van der Waals surface area (Å²) in [4.78, 5) is 0. The molecular weight excluding hydrogens is 287 g/mol. The average molecular weight is 308 g/mol. The van der Waals surface area contributed by atoms with Crippen molar-refractivity contribution < 1.29 is 4.39 Å². The van der Waals surface area contributed by atoms with Crippen molar-refractivity contribution in [1.29, 1.82) is 0 Å². The van der Waals surface area contributed by atoms with Crippen LogP contribution in [0.15, 0.2) is 66.7 Å². The van der Waals surface area contributed by atoms with E-state index in [-0.39, 0.29) is 11.9 Å². The Labute approximate surface area is 136 Å². The molecule has 0 aromatic heterocycles. The standard InChI is InChI=1S/C20H21FN2/c21-18-10-8-17(9-11-18)20(22)14-23-13-12-16-6-3-5-15-4-1-2-7-19(15)16/h1-11,20,23H,12-14,22H2. The fourth-order valence-corrected chi connectivity index (χ4v) is 2.82. The lowest BCUT2D eigenvalue weighted by molar-refractivity contribution is 0.594. The summed E-state index contributed by atoms with van der Waals surface area (Å²) in [6.45, 7) is 1.54. The topological polar surface area (TPSA) is 38.0 Å². The van der Waals surface area contributed by atoms with Gasteiger partial charge < -0.3 is 11.1 Å². The number of benzene rings is 3. The molecule has 0 fully saturated rings. The van der Waals surface area contributed by atoms with Gasteiger partial charge in [-0.3, -0.25) is 0 Å². The highest BCUT2D eigenvalue weighted by molar-refractivity contribution is 5.85. The number of nitrogens with two attached hydrogens (primary N) is 1. The predicted molar refractivity (Wildman–Crippen MR) is 93.9 cm³/mol. The van der Waals surface area contributed by atoms with E-state index in [4.69, 9.17) is 5.73 Å². The molecule has 1 atom stereocenters. The fourth-order valence-electron chi connectivity index (χ4n) is 2.82. The molecule has 0 aliphatic carbocycles. The van der Waals surface area contributed by atoms with Gasteiger partial charge in [-0.1, -0.05) is 54.6 Å². The van der Waals surface area contributed by atoms with Crippen molar-refractivity contribution >= 4 is 10.8 Å². The second-order valence-electron chi connectivity index (χ2n) is 5.75.